The van der Waals surface area contributed by atoms with Gasteiger partial charge in [0.2, 0.25) is 11.6 Å². The molecule has 8 nitrogen and oxygen atoms in total. The number of nitrogens with zero attached hydrogens (tertiary/aromatic N) is 3. The molecule has 2 rings (SSSR count). The molecular formula is C13H14BrN5O3. The van der Waals surface area contributed by atoms with E-state index in [1.807, 2.05) is 12.1 Å². The molecule has 0 aliphatic rings. The number of benzene rings is 1. The van der Waals surface area contributed by atoms with Gasteiger partial charge in [0.05, 0.1) is 11.5 Å². The van der Waals surface area contributed by atoms with Gasteiger partial charge in [0.15, 0.2) is 0 Å². The van der Waals surface area contributed by atoms with Gasteiger partial charge in [-0.15, -0.1) is 0 Å². The number of aromatic nitrogens is 2. The van der Waals surface area contributed by atoms with Crippen LogP contribution in [0.25, 0.3) is 0 Å². The largest absolute Gasteiger partial charge is 0.383 e. The third kappa shape index (κ3) is 4.12. The predicted molar refractivity (Wildman–Crippen MR) is 86.5 cm³/mol. The van der Waals surface area contributed by atoms with Crippen molar-refractivity contribution in [3.8, 4) is 0 Å². The van der Waals surface area contributed by atoms with Crippen LogP contribution in [0.5, 0.6) is 0 Å². The lowest BCUT2D eigenvalue weighted by Crippen LogP contribution is -2.12. The minimum atomic E-state index is -0.518. The molecule has 0 unspecified atom stereocenters. The summed E-state index contributed by atoms with van der Waals surface area (Å²) in [5, 5.41) is 17.1. The number of halogens is 1. The van der Waals surface area contributed by atoms with E-state index in [0.29, 0.717) is 18.8 Å². The van der Waals surface area contributed by atoms with Crippen LogP contribution >= 0.6 is 15.9 Å². The lowest BCUT2D eigenvalue weighted by Gasteiger charge is -2.10. The number of hydrogen-bond donors (Lipinski definition) is 2. The molecule has 0 aliphatic carbocycles. The van der Waals surface area contributed by atoms with Gasteiger partial charge in [0.1, 0.15) is 6.33 Å². The zero-order valence-corrected chi connectivity index (χ0v) is 13.3. The summed E-state index contributed by atoms with van der Waals surface area (Å²) in [4.78, 5) is 18.7. The van der Waals surface area contributed by atoms with E-state index >= 15 is 0 Å². The molecule has 0 fully saturated rings. The average Bonchev–Trinajstić information content (AvgIpc) is 2.47. The molecular weight excluding hydrogens is 354 g/mol. The molecule has 0 radical (unpaired) electrons. The van der Waals surface area contributed by atoms with Crippen LogP contribution in [0.4, 0.5) is 23.0 Å². The molecule has 2 aromatic rings. The first-order valence-electron chi connectivity index (χ1n) is 6.36. The quantitative estimate of drug-likeness (QED) is 0.440. The van der Waals surface area contributed by atoms with E-state index in [-0.39, 0.29) is 17.3 Å². The fraction of sp³-hybridized carbons (Fsp3) is 0.231. The topological polar surface area (TPSA) is 102 Å². The second kappa shape index (κ2) is 7.66. The Morgan fingerprint density at radius 1 is 1.36 bits per heavy atom. The van der Waals surface area contributed by atoms with Crippen LogP contribution in [0.1, 0.15) is 0 Å². The molecule has 116 valence electrons. The summed E-state index contributed by atoms with van der Waals surface area (Å²) >= 11 is 3.35. The van der Waals surface area contributed by atoms with E-state index in [9.17, 15) is 10.1 Å². The van der Waals surface area contributed by atoms with E-state index < -0.39 is 4.92 Å². The van der Waals surface area contributed by atoms with Crippen LogP contribution in [0.15, 0.2) is 35.1 Å². The highest BCUT2D eigenvalue weighted by atomic mass is 79.9. The third-order valence-electron chi connectivity index (χ3n) is 2.69. The molecule has 0 atom stereocenters. The Hall–Kier alpha value is -2.26. The first-order chi connectivity index (χ1) is 10.6. The summed E-state index contributed by atoms with van der Waals surface area (Å²) in [7, 11) is 1.55. The standard InChI is InChI=1S/C13H14BrN5O3/c1-22-6-5-15-12-11(19(20)21)13(17-8-16-12)18-10-4-2-3-9(14)7-10/h2-4,7-8H,5-6H2,1H3,(H2,15,16,17,18). The molecule has 0 amide bonds. The van der Waals surface area contributed by atoms with Gasteiger partial charge >= 0.3 is 5.69 Å². The van der Waals surface area contributed by atoms with E-state index in [0.717, 1.165) is 4.47 Å². The first kappa shape index (κ1) is 16.1. The molecule has 9 heteroatoms. The number of ether oxygens (including phenoxy) is 1. The third-order valence-corrected chi connectivity index (χ3v) is 3.18. The maximum atomic E-state index is 11.3. The van der Waals surface area contributed by atoms with E-state index in [1.54, 1.807) is 19.2 Å². The first-order valence-corrected chi connectivity index (χ1v) is 7.16. The number of hydrogen-bond acceptors (Lipinski definition) is 7. The van der Waals surface area contributed by atoms with Gasteiger partial charge in [0.25, 0.3) is 0 Å². The van der Waals surface area contributed by atoms with Crippen LogP contribution in [0, 0.1) is 10.1 Å². The van der Waals surface area contributed by atoms with Gasteiger partial charge in [0, 0.05) is 23.8 Å². The zero-order valence-electron chi connectivity index (χ0n) is 11.7. The lowest BCUT2D eigenvalue weighted by atomic mass is 10.3. The Bertz CT molecular complexity index is 668. The normalized spacial score (nSPS) is 10.3. The predicted octanol–water partition coefficient (Wildman–Crippen LogP) is 2.95. The van der Waals surface area contributed by atoms with E-state index in [2.05, 4.69) is 36.5 Å². The van der Waals surface area contributed by atoms with Crippen LogP contribution < -0.4 is 10.6 Å². The highest BCUT2D eigenvalue weighted by Crippen LogP contribution is 2.31. The van der Waals surface area contributed by atoms with Crippen molar-refractivity contribution in [1.29, 1.82) is 0 Å². The second-order valence-corrected chi connectivity index (χ2v) is 5.15. The van der Waals surface area contributed by atoms with Crippen LogP contribution in [-0.2, 0) is 4.74 Å². The molecule has 22 heavy (non-hydrogen) atoms. The van der Waals surface area contributed by atoms with Crippen molar-refractivity contribution in [3.63, 3.8) is 0 Å². The smallest absolute Gasteiger partial charge is 0.353 e. The van der Waals surface area contributed by atoms with Crippen molar-refractivity contribution < 1.29 is 9.66 Å². The molecule has 1 aromatic carbocycles. The van der Waals surface area contributed by atoms with Gasteiger partial charge in [-0.1, -0.05) is 22.0 Å². The average molecular weight is 368 g/mol. The maximum absolute atomic E-state index is 11.3. The van der Waals surface area contributed by atoms with Crippen molar-refractivity contribution >= 4 is 38.9 Å². The lowest BCUT2D eigenvalue weighted by molar-refractivity contribution is -0.383. The highest BCUT2D eigenvalue weighted by Gasteiger charge is 2.22. The van der Waals surface area contributed by atoms with E-state index in [1.165, 1.54) is 6.33 Å². The Morgan fingerprint density at radius 2 is 2.14 bits per heavy atom. The van der Waals surface area contributed by atoms with Crippen LogP contribution in [-0.4, -0.2) is 35.2 Å². The minimum Gasteiger partial charge on any atom is -0.383 e. The van der Waals surface area contributed by atoms with E-state index in [4.69, 9.17) is 4.74 Å². The fourth-order valence-corrected chi connectivity index (χ4v) is 2.15. The van der Waals surface area contributed by atoms with Crippen molar-refractivity contribution in [1.82, 2.24) is 9.97 Å². The van der Waals surface area contributed by atoms with Crippen molar-refractivity contribution in [3.05, 3.63) is 45.2 Å². The Morgan fingerprint density at radius 3 is 2.82 bits per heavy atom. The summed E-state index contributed by atoms with van der Waals surface area (Å²) in [6, 6.07) is 7.26. The van der Waals surface area contributed by atoms with Crippen LogP contribution in [0.2, 0.25) is 0 Å². The van der Waals surface area contributed by atoms with Gasteiger partial charge in [-0.25, -0.2) is 9.97 Å². The zero-order chi connectivity index (χ0) is 15.9. The number of anilines is 3. The Labute approximate surface area is 135 Å². The highest BCUT2D eigenvalue weighted by molar-refractivity contribution is 9.10. The SMILES string of the molecule is COCCNc1ncnc(Nc2cccc(Br)c2)c1[N+](=O)[O-]. The monoisotopic (exact) mass is 367 g/mol. The van der Waals surface area contributed by atoms with Crippen molar-refractivity contribution in [2.45, 2.75) is 0 Å². The number of rotatable bonds is 7. The van der Waals surface area contributed by atoms with Gasteiger partial charge in [-0.05, 0) is 18.2 Å². The molecule has 0 saturated heterocycles. The summed E-state index contributed by atoms with van der Waals surface area (Å²) in [5.41, 5.74) is 0.470. The molecule has 0 bridgehead atoms. The molecule has 2 N–H and O–H groups in total. The van der Waals surface area contributed by atoms with Gasteiger partial charge in [-0.2, -0.15) is 0 Å². The fourth-order valence-electron chi connectivity index (χ4n) is 1.75. The van der Waals surface area contributed by atoms with Gasteiger partial charge in [-0.3, -0.25) is 10.1 Å². The van der Waals surface area contributed by atoms with Crippen molar-refractivity contribution in [2.24, 2.45) is 0 Å². The summed E-state index contributed by atoms with van der Waals surface area (Å²) in [6.07, 6.45) is 1.27. The molecule has 1 heterocycles. The van der Waals surface area contributed by atoms with Crippen molar-refractivity contribution in [2.75, 3.05) is 30.9 Å². The minimum absolute atomic E-state index is 0.123. The molecule has 0 aliphatic heterocycles. The summed E-state index contributed by atoms with van der Waals surface area (Å²) < 4.78 is 5.76. The molecule has 1 aromatic heterocycles. The maximum Gasteiger partial charge on any atom is 0.353 e. The van der Waals surface area contributed by atoms with Gasteiger partial charge < -0.3 is 15.4 Å². The number of nitro groups is 1. The Balaban J connectivity index is 2.30. The molecule has 0 saturated carbocycles. The summed E-state index contributed by atoms with van der Waals surface area (Å²) in [5.74, 6) is 0.271. The van der Waals surface area contributed by atoms with Crippen LogP contribution in [0.3, 0.4) is 0 Å². The summed E-state index contributed by atoms with van der Waals surface area (Å²) in [6.45, 7) is 0.820. The number of nitrogens with one attached hydrogen (secondary N) is 2. The molecule has 0 spiro atoms. The Kier molecular flexibility index (Phi) is 5.61. The number of methoxy groups -OCH3 is 1. The second-order valence-electron chi connectivity index (χ2n) is 4.23.